The normalized spacial score (nSPS) is 20.0. The summed E-state index contributed by atoms with van der Waals surface area (Å²) in [5.74, 6) is 0.921. The van der Waals surface area contributed by atoms with Gasteiger partial charge in [-0.2, -0.15) is 11.3 Å². The quantitative estimate of drug-likeness (QED) is 0.858. The minimum atomic E-state index is -0.0774. The van der Waals surface area contributed by atoms with Crippen LogP contribution in [0.25, 0.3) is 0 Å². The highest BCUT2D eigenvalue weighted by molar-refractivity contribution is 7.07. The maximum absolute atomic E-state index is 12.7. The van der Waals surface area contributed by atoms with Crippen LogP contribution < -0.4 is 5.56 Å². The van der Waals surface area contributed by atoms with Gasteiger partial charge in [-0.3, -0.25) is 14.5 Å². The van der Waals surface area contributed by atoms with E-state index in [4.69, 9.17) is 4.98 Å². The van der Waals surface area contributed by atoms with Crippen molar-refractivity contribution in [2.75, 3.05) is 13.1 Å². The summed E-state index contributed by atoms with van der Waals surface area (Å²) in [5, 5.41) is 4.28. The van der Waals surface area contributed by atoms with Crippen molar-refractivity contribution in [2.45, 2.75) is 58.2 Å². The summed E-state index contributed by atoms with van der Waals surface area (Å²) >= 11 is 1.71. The van der Waals surface area contributed by atoms with E-state index in [0.717, 1.165) is 43.9 Å². The second-order valence-corrected chi connectivity index (χ2v) is 8.23. The number of likely N-dealkylation sites (tertiary alicyclic amines) is 1. The highest BCUT2D eigenvalue weighted by Gasteiger charge is 2.30. The van der Waals surface area contributed by atoms with Crippen LogP contribution in [0.2, 0.25) is 0 Å². The monoisotopic (exact) mass is 386 g/mol. The number of hydrogen-bond donors (Lipinski definition) is 1. The van der Waals surface area contributed by atoms with E-state index in [-0.39, 0.29) is 17.5 Å². The molecule has 7 heteroatoms. The lowest BCUT2D eigenvalue weighted by atomic mass is 10.1. The van der Waals surface area contributed by atoms with Gasteiger partial charge in [0.1, 0.15) is 5.82 Å². The first kappa shape index (κ1) is 18.4. The van der Waals surface area contributed by atoms with Crippen molar-refractivity contribution >= 4 is 17.2 Å². The molecule has 0 bridgehead atoms. The van der Waals surface area contributed by atoms with E-state index in [1.807, 2.05) is 6.92 Å². The summed E-state index contributed by atoms with van der Waals surface area (Å²) in [7, 11) is 0. The zero-order valence-corrected chi connectivity index (χ0v) is 16.6. The van der Waals surface area contributed by atoms with E-state index in [1.165, 1.54) is 5.56 Å². The summed E-state index contributed by atoms with van der Waals surface area (Å²) in [6, 6.07) is 2.33. The maximum Gasteiger partial charge on any atom is 0.256 e. The number of nitrogens with zero attached hydrogens (tertiary/aromatic N) is 3. The number of rotatable bonds is 5. The molecular formula is C20H26N4O2S. The second kappa shape index (κ2) is 7.94. The molecule has 1 atom stereocenters. The molecule has 0 saturated carbocycles. The molecule has 0 spiro atoms. The molecule has 1 unspecified atom stereocenters. The fourth-order valence-corrected chi connectivity index (χ4v) is 4.79. The summed E-state index contributed by atoms with van der Waals surface area (Å²) < 4.78 is 0. The minimum absolute atomic E-state index is 0.0774. The van der Waals surface area contributed by atoms with E-state index in [9.17, 15) is 9.59 Å². The molecule has 1 fully saturated rings. The van der Waals surface area contributed by atoms with Crippen molar-refractivity contribution in [3.63, 3.8) is 0 Å². The number of fused-ring (bicyclic) bond motifs is 1. The van der Waals surface area contributed by atoms with Gasteiger partial charge in [-0.1, -0.05) is 6.92 Å². The van der Waals surface area contributed by atoms with Crippen LogP contribution in [-0.2, 0) is 24.3 Å². The fraction of sp³-hybridized carbons (Fsp3) is 0.550. The summed E-state index contributed by atoms with van der Waals surface area (Å²) in [6.07, 6.45) is 4.18. The van der Waals surface area contributed by atoms with Crippen molar-refractivity contribution in [3.8, 4) is 0 Å². The average molecular weight is 387 g/mol. The zero-order chi connectivity index (χ0) is 18.8. The molecule has 0 radical (unpaired) electrons. The molecule has 144 valence electrons. The Balaban J connectivity index is 1.55. The smallest absolute Gasteiger partial charge is 0.256 e. The molecule has 1 N–H and O–H groups in total. The van der Waals surface area contributed by atoms with Gasteiger partial charge in [-0.25, -0.2) is 4.98 Å². The summed E-state index contributed by atoms with van der Waals surface area (Å²) in [4.78, 5) is 37.0. The number of carbonyl (C=O) groups is 1. The maximum atomic E-state index is 12.7. The lowest BCUT2D eigenvalue weighted by Gasteiger charge is -2.29. The van der Waals surface area contributed by atoms with Crippen molar-refractivity contribution in [3.05, 3.63) is 49.8 Å². The van der Waals surface area contributed by atoms with E-state index in [2.05, 4.69) is 26.7 Å². The zero-order valence-electron chi connectivity index (χ0n) is 15.7. The first-order valence-corrected chi connectivity index (χ1v) is 10.7. The van der Waals surface area contributed by atoms with Crippen molar-refractivity contribution < 1.29 is 4.79 Å². The molecule has 1 amide bonds. The first-order chi connectivity index (χ1) is 13.2. The van der Waals surface area contributed by atoms with Crippen LogP contribution in [0.1, 0.15) is 61.3 Å². The van der Waals surface area contributed by atoms with Crippen LogP contribution in [0.3, 0.4) is 0 Å². The van der Waals surface area contributed by atoms with E-state index in [1.54, 1.807) is 16.2 Å². The predicted octanol–water partition coefficient (Wildman–Crippen LogP) is 2.85. The van der Waals surface area contributed by atoms with Crippen LogP contribution >= 0.6 is 11.3 Å². The third-order valence-corrected chi connectivity index (χ3v) is 6.28. The molecule has 27 heavy (non-hydrogen) atoms. The molecule has 2 aliphatic heterocycles. The van der Waals surface area contributed by atoms with Gasteiger partial charge < -0.3 is 9.88 Å². The average Bonchev–Trinajstić information content (AvgIpc) is 3.34. The SMILES string of the molecule is CCCC(=O)N1CCc2nc(C3CCCN3Cc3ccsc3)[nH]c(=O)c2C1. The minimum Gasteiger partial charge on any atom is -0.338 e. The molecule has 0 aromatic carbocycles. The Morgan fingerprint density at radius 1 is 1.41 bits per heavy atom. The number of thiophene rings is 1. The van der Waals surface area contributed by atoms with Crippen LogP contribution in [0, 0.1) is 0 Å². The third kappa shape index (κ3) is 3.84. The first-order valence-electron chi connectivity index (χ1n) is 9.80. The van der Waals surface area contributed by atoms with Gasteiger partial charge in [0.05, 0.1) is 23.8 Å². The fourth-order valence-electron chi connectivity index (χ4n) is 4.13. The Bertz CT molecular complexity index is 861. The Morgan fingerprint density at radius 2 is 2.30 bits per heavy atom. The number of H-pyrrole nitrogens is 1. The van der Waals surface area contributed by atoms with E-state index in [0.29, 0.717) is 31.5 Å². The lowest BCUT2D eigenvalue weighted by Crippen LogP contribution is -2.40. The molecule has 1 saturated heterocycles. The Kier molecular flexibility index (Phi) is 5.41. The van der Waals surface area contributed by atoms with Gasteiger partial charge in [-0.05, 0) is 48.2 Å². The topological polar surface area (TPSA) is 69.3 Å². The van der Waals surface area contributed by atoms with Gasteiger partial charge in [-0.15, -0.1) is 0 Å². The van der Waals surface area contributed by atoms with Gasteiger partial charge >= 0.3 is 0 Å². The predicted molar refractivity (Wildman–Crippen MR) is 106 cm³/mol. The van der Waals surface area contributed by atoms with E-state index >= 15 is 0 Å². The van der Waals surface area contributed by atoms with Gasteiger partial charge in [0.15, 0.2) is 0 Å². The Labute approximate surface area is 163 Å². The molecule has 4 rings (SSSR count). The van der Waals surface area contributed by atoms with E-state index < -0.39 is 0 Å². The molecule has 2 aromatic rings. The lowest BCUT2D eigenvalue weighted by molar-refractivity contribution is -0.132. The van der Waals surface area contributed by atoms with Crippen LogP contribution in [0.4, 0.5) is 0 Å². The highest BCUT2D eigenvalue weighted by atomic mass is 32.1. The standard InChI is InChI=1S/C20H26N4O2S/c1-2-4-18(25)24-9-6-16-15(12-24)20(26)22-19(21-16)17-5-3-8-23(17)11-14-7-10-27-13-14/h7,10,13,17H,2-6,8-9,11-12H2,1H3,(H,21,22,26). The number of hydrogen-bond acceptors (Lipinski definition) is 5. The number of amides is 1. The van der Waals surface area contributed by atoms with Crippen molar-refractivity contribution in [1.82, 2.24) is 19.8 Å². The molecular weight excluding hydrogens is 360 g/mol. The van der Waals surface area contributed by atoms with Crippen LogP contribution in [0.15, 0.2) is 21.6 Å². The largest absolute Gasteiger partial charge is 0.338 e. The number of carbonyl (C=O) groups excluding carboxylic acids is 1. The van der Waals surface area contributed by atoms with Gasteiger partial charge in [0.25, 0.3) is 5.56 Å². The van der Waals surface area contributed by atoms with Crippen molar-refractivity contribution in [2.24, 2.45) is 0 Å². The van der Waals surface area contributed by atoms with Gasteiger partial charge in [0.2, 0.25) is 5.91 Å². The summed E-state index contributed by atoms with van der Waals surface area (Å²) in [5.41, 5.74) is 2.78. The highest BCUT2D eigenvalue weighted by Crippen LogP contribution is 2.31. The molecule has 0 aliphatic carbocycles. The third-order valence-electron chi connectivity index (χ3n) is 5.55. The van der Waals surface area contributed by atoms with Gasteiger partial charge in [0, 0.05) is 25.9 Å². The second-order valence-electron chi connectivity index (χ2n) is 7.45. The Morgan fingerprint density at radius 3 is 3.07 bits per heavy atom. The Hall–Kier alpha value is -1.99. The molecule has 2 aromatic heterocycles. The number of aromatic nitrogens is 2. The number of aromatic amines is 1. The molecule has 4 heterocycles. The van der Waals surface area contributed by atoms with Crippen LogP contribution in [0.5, 0.6) is 0 Å². The number of nitrogens with one attached hydrogen (secondary N) is 1. The molecule has 2 aliphatic rings. The van der Waals surface area contributed by atoms with Crippen molar-refractivity contribution in [1.29, 1.82) is 0 Å². The molecule has 6 nitrogen and oxygen atoms in total. The summed E-state index contributed by atoms with van der Waals surface area (Å²) in [6.45, 7) is 4.97. The van der Waals surface area contributed by atoms with Crippen LogP contribution in [-0.4, -0.2) is 38.8 Å².